The highest BCUT2D eigenvalue weighted by atomic mass is 19.1. The van der Waals surface area contributed by atoms with Crippen LogP contribution in [0.3, 0.4) is 0 Å². The Balaban J connectivity index is 1.32. The van der Waals surface area contributed by atoms with E-state index in [0.717, 1.165) is 44.2 Å². The molecule has 1 fully saturated rings. The minimum Gasteiger partial charge on any atom is -0.454 e. The van der Waals surface area contributed by atoms with Gasteiger partial charge in [0.1, 0.15) is 50.9 Å². The molecule has 0 radical (unpaired) electrons. The third-order valence-electron chi connectivity index (χ3n) is 5.04. The molecule has 0 spiro atoms. The average Bonchev–Trinajstić information content (AvgIpc) is 3.07. The lowest BCUT2D eigenvalue weighted by atomic mass is 10.1. The molecule has 2 aliphatic rings. The molecule has 0 bridgehead atoms. The van der Waals surface area contributed by atoms with E-state index in [1.54, 1.807) is 0 Å². The van der Waals surface area contributed by atoms with Crippen molar-refractivity contribution in [1.82, 2.24) is 0 Å². The van der Waals surface area contributed by atoms with E-state index in [9.17, 15) is 8.78 Å². The maximum atomic E-state index is 13.8. The minimum atomic E-state index is -0.442. The molecule has 1 saturated heterocycles. The van der Waals surface area contributed by atoms with Gasteiger partial charge in [0, 0.05) is 5.56 Å². The van der Waals surface area contributed by atoms with Crippen molar-refractivity contribution in [1.29, 1.82) is 0 Å². The Morgan fingerprint density at radius 2 is 1.44 bits per heavy atom. The van der Waals surface area contributed by atoms with Crippen LogP contribution in [0.1, 0.15) is 11.1 Å². The van der Waals surface area contributed by atoms with Crippen LogP contribution in [0.4, 0.5) is 8.78 Å². The first-order chi connectivity index (χ1) is 12.2. The zero-order chi connectivity index (χ0) is 17.2. The number of hydrogen-bond acceptors (Lipinski definition) is 2. The molecular weight excluding hydrogens is 326 g/mol. The van der Waals surface area contributed by atoms with Crippen LogP contribution >= 0.6 is 0 Å². The smallest absolute Gasteiger partial charge is 0.231 e. The molecule has 0 amide bonds. The van der Waals surface area contributed by atoms with Crippen LogP contribution in [-0.4, -0.2) is 33.0 Å². The van der Waals surface area contributed by atoms with Gasteiger partial charge in [-0.3, -0.25) is 0 Å². The second kappa shape index (κ2) is 6.98. The van der Waals surface area contributed by atoms with Crippen molar-refractivity contribution in [2.24, 2.45) is 0 Å². The third kappa shape index (κ3) is 3.60. The van der Waals surface area contributed by atoms with Crippen molar-refractivity contribution in [3.63, 3.8) is 0 Å². The third-order valence-corrected chi connectivity index (χ3v) is 5.04. The van der Waals surface area contributed by atoms with Crippen molar-refractivity contribution in [2.45, 2.75) is 13.1 Å². The Morgan fingerprint density at radius 1 is 0.800 bits per heavy atom. The van der Waals surface area contributed by atoms with Gasteiger partial charge in [0.25, 0.3) is 0 Å². The second-order valence-corrected chi connectivity index (χ2v) is 6.74. The standard InChI is InChI=1S/C19H20F2N2O2/c20-16-2-1-3-17(21)15(16)12-23-8-6-22(7-9-23)11-14-4-5-18-19(10-14)25-13-24-18/h1-5,10H,6-9,11-13H2/p+2. The van der Waals surface area contributed by atoms with Crippen molar-refractivity contribution >= 4 is 0 Å². The number of halogens is 2. The quantitative estimate of drug-likeness (QED) is 0.825. The van der Waals surface area contributed by atoms with E-state index in [0.29, 0.717) is 13.3 Å². The van der Waals surface area contributed by atoms with Crippen LogP contribution in [0.2, 0.25) is 0 Å². The van der Waals surface area contributed by atoms with E-state index < -0.39 is 11.6 Å². The zero-order valence-electron chi connectivity index (χ0n) is 14.0. The highest BCUT2D eigenvalue weighted by molar-refractivity contribution is 5.44. The van der Waals surface area contributed by atoms with E-state index >= 15 is 0 Å². The summed E-state index contributed by atoms with van der Waals surface area (Å²) < 4.78 is 38.4. The summed E-state index contributed by atoms with van der Waals surface area (Å²) in [5.74, 6) is 0.737. The molecule has 0 saturated carbocycles. The highest BCUT2D eigenvalue weighted by Crippen LogP contribution is 2.32. The topological polar surface area (TPSA) is 27.3 Å². The summed E-state index contributed by atoms with van der Waals surface area (Å²) in [4.78, 5) is 2.72. The monoisotopic (exact) mass is 348 g/mol. The fourth-order valence-corrected chi connectivity index (χ4v) is 3.60. The molecule has 4 rings (SSSR count). The van der Waals surface area contributed by atoms with E-state index in [2.05, 4.69) is 6.07 Å². The van der Waals surface area contributed by atoms with Gasteiger partial charge in [-0.05, 0) is 30.3 Å². The van der Waals surface area contributed by atoms with Gasteiger partial charge in [-0.2, -0.15) is 0 Å². The van der Waals surface area contributed by atoms with Crippen molar-refractivity contribution in [3.05, 3.63) is 59.2 Å². The van der Waals surface area contributed by atoms with E-state index in [1.165, 1.54) is 33.6 Å². The molecule has 132 valence electrons. The predicted molar refractivity (Wildman–Crippen MR) is 87.7 cm³/mol. The molecule has 0 unspecified atom stereocenters. The van der Waals surface area contributed by atoms with Gasteiger partial charge in [0.05, 0.1) is 5.56 Å². The Bertz CT molecular complexity index is 741. The summed E-state index contributed by atoms with van der Waals surface area (Å²) in [5, 5.41) is 0. The Hall–Kier alpha value is -2.18. The number of nitrogens with one attached hydrogen (secondary N) is 2. The molecule has 6 heteroatoms. The van der Waals surface area contributed by atoms with Crippen LogP contribution in [0.5, 0.6) is 11.5 Å². The predicted octanol–water partition coefficient (Wildman–Crippen LogP) is 0.177. The average molecular weight is 348 g/mol. The maximum Gasteiger partial charge on any atom is 0.231 e. The molecule has 2 aromatic rings. The summed E-state index contributed by atoms with van der Waals surface area (Å²) in [6.07, 6.45) is 0. The molecule has 4 nitrogen and oxygen atoms in total. The normalized spacial score (nSPS) is 22.2. The van der Waals surface area contributed by atoms with Gasteiger partial charge in [-0.1, -0.05) is 6.07 Å². The summed E-state index contributed by atoms with van der Waals surface area (Å²) in [6, 6.07) is 10.2. The van der Waals surface area contributed by atoms with Gasteiger partial charge in [0.2, 0.25) is 6.79 Å². The summed E-state index contributed by atoms with van der Waals surface area (Å²) in [6.45, 7) is 5.43. The van der Waals surface area contributed by atoms with Gasteiger partial charge in [-0.15, -0.1) is 0 Å². The molecular formula is C19H22F2N2O2+2. The Labute approximate surface area is 145 Å². The number of quaternary nitrogens is 2. The number of piperazine rings is 1. The maximum absolute atomic E-state index is 13.8. The van der Waals surface area contributed by atoms with Crippen LogP contribution in [-0.2, 0) is 13.1 Å². The molecule has 0 aliphatic carbocycles. The Morgan fingerprint density at radius 3 is 2.16 bits per heavy atom. The van der Waals surface area contributed by atoms with Crippen molar-refractivity contribution < 1.29 is 28.1 Å². The van der Waals surface area contributed by atoms with E-state index in [-0.39, 0.29) is 5.56 Å². The number of rotatable bonds is 4. The van der Waals surface area contributed by atoms with Crippen molar-refractivity contribution in [3.8, 4) is 11.5 Å². The summed E-state index contributed by atoms with van der Waals surface area (Å²) in [7, 11) is 0. The lowest BCUT2D eigenvalue weighted by molar-refractivity contribution is -1.02. The van der Waals surface area contributed by atoms with Crippen LogP contribution in [0.25, 0.3) is 0 Å². The van der Waals surface area contributed by atoms with Crippen LogP contribution in [0.15, 0.2) is 36.4 Å². The van der Waals surface area contributed by atoms with Gasteiger partial charge < -0.3 is 19.3 Å². The first-order valence-corrected chi connectivity index (χ1v) is 8.67. The molecule has 0 atom stereocenters. The number of ether oxygens (including phenoxy) is 2. The summed E-state index contributed by atoms with van der Waals surface area (Å²) >= 11 is 0. The SMILES string of the molecule is Fc1cccc(F)c1C[NH+]1CC[NH+](Cc2ccc3c(c2)OCO3)CC1. The number of benzene rings is 2. The largest absolute Gasteiger partial charge is 0.454 e. The molecule has 2 N–H and O–H groups in total. The molecule has 2 aliphatic heterocycles. The molecule has 0 aromatic heterocycles. The highest BCUT2D eigenvalue weighted by Gasteiger charge is 2.25. The minimum absolute atomic E-state index is 0.205. The lowest BCUT2D eigenvalue weighted by Crippen LogP contribution is -3.27. The van der Waals surface area contributed by atoms with Crippen LogP contribution in [0, 0.1) is 11.6 Å². The van der Waals surface area contributed by atoms with Gasteiger partial charge in [0.15, 0.2) is 11.5 Å². The fourth-order valence-electron chi connectivity index (χ4n) is 3.60. The summed E-state index contributed by atoms with van der Waals surface area (Å²) in [5.41, 5.74) is 1.43. The second-order valence-electron chi connectivity index (χ2n) is 6.74. The number of fused-ring (bicyclic) bond motifs is 1. The van der Waals surface area contributed by atoms with E-state index in [4.69, 9.17) is 9.47 Å². The fraction of sp³-hybridized carbons (Fsp3) is 0.368. The zero-order valence-corrected chi connectivity index (χ0v) is 14.0. The van der Waals surface area contributed by atoms with E-state index in [1.807, 2.05) is 12.1 Å². The van der Waals surface area contributed by atoms with Gasteiger partial charge in [-0.25, -0.2) is 8.78 Å². The molecule has 2 aromatic carbocycles. The molecule has 25 heavy (non-hydrogen) atoms. The first-order valence-electron chi connectivity index (χ1n) is 8.67. The van der Waals surface area contributed by atoms with Crippen LogP contribution < -0.4 is 19.3 Å². The van der Waals surface area contributed by atoms with Gasteiger partial charge >= 0.3 is 0 Å². The van der Waals surface area contributed by atoms with Crippen molar-refractivity contribution in [2.75, 3.05) is 33.0 Å². The lowest BCUT2D eigenvalue weighted by Gasteiger charge is -2.30. The first kappa shape index (κ1) is 16.3. The Kier molecular flexibility index (Phi) is 4.55. The number of hydrogen-bond donors (Lipinski definition) is 2. The molecule has 2 heterocycles.